The molecule has 0 aliphatic heterocycles. The number of carbonyl (C=O) groups is 1. The Kier molecular flexibility index (Phi) is 5.39. The van der Waals surface area contributed by atoms with E-state index in [1.807, 2.05) is 32.1 Å². The van der Waals surface area contributed by atoms with Gasteiger partial charge in [0.15, 0.2) is 6.61 Å². The number of primary amides is 1. The van der Waals surface area contributed by atoms with Crippen LogP contribution in [0.15, 0.2) is 29.8 Å². The minimum absolute atomic E-state index is 0.0532. The predicted octanol–water partition coefficient (Wildman–Crippen LogP) is 1.58. The van der Waals surface area contributed by atoms with Gasteiger partial charge in [0.05, 0.1) is 6.61 Å². The van der Waals surface area contributed by atoms with Gasteiger partial charge in [0, 0.05) is 0 Å². The highest BCUT2D eigenvalue weighted by Crippen LogP contribution is 2.17. The molecule has 3 N–H and O–H groups in total. The normalized spacial score (nSPS) is 11.7. The third kappa shape index (κ3) is 4.59. The van der Waals surface area contributed by atoms with Crippen LogP contribution in [-0.4, -0.2) is 24.2 Å². The molecule has 0 heterocycles. The van der Waals surface area contributed by atoms with E-state index in [0.717, 1.165) is 11.1 Å². The molecule has 4 heteroatoms. The quantitative estimate of drug-likeness (QED) is 0.804. The second-order valence-corrected chi connectivity index (χ2v) is 4.36. The summed E-state index contributed by atoms with van der Waals surface area (Å²) in [6.45, 7) is 4.00. The van der Waals surface area contributed by atoms with E-state index >= 15 is 0 Å². The highest BCUT2D eigenvalue weighted by molar-refractivity contribution is 5.75. The van der Waals surface area contributed by atoms with Crippen molar-refractivity contribution in [1.82, 2.24) is 0 Å². The first-order chi connectivity index (χ1) is 8.52. The third-order valence-electron chi connectivity index (χ3n) is 2.54. The van der Waals surface area contributed by atoms with Crippen molar-refractivity contribution in [2.45, 2.75) is 13.8 Å². The van der Waals surface area contributed by atoms with E-state index in [-0.39, 0.29) is 13.2 Å². The molecule has 1 amide bonds. The van der Waals surface area contributed by atoms with Gasteiger partial charge < -0.3 is 15.6 Å². The van der Waals surface area contributed by atoms with Crippen LogP contribution in [0, 0.1) is 5.92 Å². The molecule has 1 rings (SSSR count). The van der Waals surface area contributed by atoms with E-state index in [9.17, 15) is 9.90 Å². The number of hydrogen-bond acceptors (Lipinski definition) is 3. The molecule has 0 aliphatic rings. The Bertz CT molecular complexity index is 421. The van der Waals surface area contributed by atoms with Crippen LogP contribution in [-0.2, 0) is 4.79 Å². The number of ether oxygens (including phenoxy) is 1. The van der Waals surface area contributed by atoms with Gasteiger partial charge in [-0.1, -0.05) is 32.1 Å². The summed E-state index contributed by atoms with van der Waals surface area (Å²) in [7, 11) is 0. The van der Waals surface area contributed by atoms with Gasteiger partial charge in [-0.3, -0.25) is 4.79 Å². The topological polar surface area (TPSA) is 72.5 Å². The average Bonchev–Trinajstić information content (AvgIpc) is 2.34. The molecule has 0 spiro atoms. The number of amides is 1. The van der Waals surface area contributed by atoms with Crippen molar-refractivity contribution in [2.75, 3.05) is 13.2 Å². The Hall–Kier alpha value is -1.81. The smallest absolute Gasteiger partial charge is 0.255 e. The van der Waals surface area contributed by atoms with Crippen molar-refractivity contribution in [3.8, 4) is 5.75 Å². The number of nitrogens with two attached hydrogens (primary N) is 1. The second kappa shape index (κ2) is 6.81. The molecular formula is C14H19NO3. The highest BCUT2D eigenvalue weighted by atomic mass is 16.5. The maximum atomic E-state index is 10.6. The number of rotatable bonds is 6. The summed E-state index contributed by atoms with van der Waals surface area (Å²) in [5.74, 6) is 0.406. The first kappa shape index (κ1) is 14.3. The van der Waals surface area contributed by atoms with Crippen LogP contribution in [0.3, 0.4) is 0 Å². The Morgan fingerprint density at radius 3 is 2.44 bits per heavy atom. The summed E-state index contributed by atoms with van der Waals surface area (Å²) in [5, 5.41) is 9.21. The maximum absolute atomic E-state index is 10.6. The number of hydrogen-bond donors (Lipinski definition) is 2. The summed E-state index contributed by atoms with van der Waals surface area (Å²) in [6, 6.07) is 7.27. The molecule has 0 aromatic heterocycles. The molecule has 0 bridgehead atoms. The molecule has 4 nitrogen and oxygen atoms in total. The van der Waals surface area contributed by atoms with Gasteiger partial charge in [-0.25, -0.2) is 0 Å². The maximum Gasteiger partial charge on any atom is 0.255 e. The van der Waals surface area contributed by atoms with Crippen LogP contribution in [0.4, 0.5) is 0 Å². The van der Waals surface area contributed by atoms with Crippen LogP contribution in [0.25, 0.3) is 6.08 Å². The lowest BCUT2D eigenvalue weighted by atomic mass is 10.0. The summed E-state index contributed by atoms with van der Waals surface area (Å²) in [5.41, 5.74) is 6.94. The summed E-state index contributed by atoms with van der Waals surface area (Å²) in [4.78, 5) is 10.6. The van der Waals surface area contributed by atoms with E-state index in [1.165, 1.54) is 0 Å². The molecule has 0 atom stereocenters. The Labute approximate surface area is 107 Å². The summed E-state index contributed by atoms with van der Waals surface area (Å²) >= 11 is 0. The highest BCUT2D eigenvalue weighted by Gasteiger charge is 2.02. The predicted molar refractivity (Wildman–Crippen MR) is 71.0 cm³/mol. The molecule has 0 saturated carbocycles. The Morgan fingerprint density at radius 1 is 1.39 bits per heavy atom. The van der Waals surface area contributed by atoms with E-state index in [0.29, 0.717) is 11.7 Å². The first-order valence-corrected chi connectivity index (χ1v) is 5.85. The van der Waals surface area contributed by atoms with Crippen molar-refractivity contribution in [2.24, 2.45) is 11.7 Å². The minimum atomic E-state index is -0.499. The van der Waals surface area contributed by atoms with E-state index in [4.69, 9.17) is 10.5 Å². The van der Waals surface area contributed by atoms with Gasteiger partial charge in [0.25, 0.3) is 5.91 Å². The van der Waals surface area contributed by atoms with Gasteiger partial charge in [-0.15, -0.1) is 0 Å². The lowest BCUT2D eigenvalue weighted by Gasteiger charge is -2.08. The van der Waals surface area contributed by atoms with Crippen LogP contribution in [0.2, 0.25) is 0 Å². The SMILES string of the molecule is CC(C)C(=Cc1ccc(OCC(N)=O)cc1)CO. The van der Waals surface area contributed by atoms with Crippen molar-refractivity contribution >= 4 is 12.0 Å². The number of benzene rings is 1. The zero-order chi connectivity index (χ0) is 13.5. The molecule has 0 fully saturated rings. The zero-order valence-electron chi connectivity index (χ0n) is 10.7. The largest absolute Gasteiger partial charge is 0.484 e. The van der Waals surface area contributed by atoms with Gasteiger partial charge in [-0.2, -0.15) is 0 Å². The lowest BCUT2D eigenvalue weighted by Crippen LogP contribution is -2.19. The molecule has 1 aromatic carbocycles. The first-order valence-electron chi connectivity index (χ1n) is 5.85. The van der Waals surface area contributed by atoms with Crippen LogP contribution in [0.5, 0.6) is 5.75 Å². The molecule has 0 aliphatic carbocycles. The van der Waals surface area contributed by atoms with E-state index < -0.39 is 5.91 Å². The van der Waals surface area contributed by atoms with Crippen molar-refractivity contribution in [1.29, 1.82) is 0 Å². The van der Waals surface area contributed by atoms with Crippen molar-refractivity contribution < 1.29 is 14.6 Å². The van der Waals surface area contributed by atoms with Crippen LogP contribution in [0.1, 0.15) is 19.4 Å². The van der Waals surface area contributed by atoms with Crippen molar-refractivity contribution in [3.05, 3.63) is 35.4 Å². The molecule has 1 aromatic rings. The van der Waals surface area contributed by atoms with Crippen molar-refractivity contribution in [3.63, 3.8) is 0 Å². The lowest BCUT2D eigenvalue weighted by molar-refractivity contribution is -0.119. The fraction of sp³-hybridized carbons (Fsp3) is 0.357. The Morgan fingerprint density at radius 2 is 2.00 bits per heavy atom. The fourth-order valence-electron chi connectivity index (χ4n) is 1.42. The summed E-state index contributed by atoms with van der Waals surface area (Å²) < 4.78 is 5.16. The van der Waals surface area contributed by atoms with Gasteiger partial charge in [-0.05, 0) is 29.2 Å². The molecular weight excluding hydrogens is 230 g/mol. The van der Waals surface area contributed by atoms with Gasteiger partial charge in [0.1, 0.15) is 5.75 Å². The summed E-state index contributed by atoms with van der Waals surface area (Å²) in [6.07, 6.45) is 1.95. The Balaban J connectivity index is 2.73. The van der Waals surface area contributed by atoms with Crippen LogP contribution < -0.4 is 10.5 Å². The van der Waals surface area contributed by atoms with Gasteiger partial charge in [0.2, 0.25) is 0 Å². The molecule has 0 saturated heterocycles. The monoisotopic (exact) mass is 249 g/mol. The van der Waals surface area contributed by atoms with Gasteiger partial charge >= 0.3 is 0 Å². The molecule has 18 heavy (non-hydrogen) atoms. The standard InChI is InChI=1S/C14H19NO3/c1-10(2)12(8-16)7-11-3-5-13(6-4-11)18-9-14(15)17/h3-7,10,16H,8-9H2,1-2H3,(H2,15,17). The molecule has 98 valence electrons. The van der Waals surface area contributed by atoms with E-state index in [2.05, 4.69) is 0 Å². The zero-order valence-corrected chi connectivity index (χ0v) is 10.7. The fourth-order valence-corrected chi connectivity index (χ4v) is 1.42. The average molecular weight is 249 g/mol. The third-order valence-corrected chi connectivity index (χ3v) is 2.54. The molecule has 0 unspecified atom stereocenters. The minimum Gasteiger partial charge on any atom is -0.484 e. The second-order valence-electron chi connectivity index (χ2n) is 4.36. The van der Waals surface area contributed by atoms with E-state index in [1.54, 1.807) is 12.1 Å². The molecule has 0 radical (unpaired) electrons. The number of aliphatic hydroxyl groups is 1. The number of carbonyl (C=O) groups excluding carboxylic acids is 1. The number of aliphatic hydroxyl groups excluding tert-OH is 1. The van der Waals surface area contributed by atoms with Crippen LogP contribution >= 0.6 is 0 Å².